The van der Waals surface area contributed by atoms with Crippen molar-refractivity contribution in [3.63, 3.8) is 0 Å². The van der Waals surface area contributed by atoms with Gasteiger partial charge >= 0.3 is 0 Å². The van der Waals surface area contributed by atoms with Gasteiger partial charge in [0.05, 0.1) is 52.8 Å². The summed E-state index contributed by atoms with van der Waals surface area (Å²) in [5.74, 6) is -0.722. The average molecular weight is 515 g/mol. The molecule has 0 saturated heterocycles. The summed E-state index contributed by atoms with van der Waals surface area (Å²) in [5.41, 5.74) is 2.87. The summed E-state index contributed by atoms with van der Waals surface area (Å²) in [6.07, 6.45) is 0.618. The van der Waals surface area contributed by atoms with E-state index in [1.807, 2.05) is 52.5 Å². The van der Waals surface area contributed by atoms with Crippen LogP contribution in [0.25, 0.3) is 0 Å². The van der Waals surface area contributed by atoms with E-state index in [1.165, 1.54) is 0 Å². The fraction of sp³-hybridized carbons (Fsp3) is 0.435. The van der Waals surface area contributed by atoms with Gasteiger partial charge in [0.1, 0.15) is 11.4 Å². The first-order chi connectivity index (χ1) is 15.5. The highest BCUT2D eigenvalue weighted by atomic mass is 32.2. The van der Waals surface area contributed by atoms with Crippen LogP contribution in [0.5, 0.6) is 0 Å². The lowest BCUT2D eigenvalue weighted by Crippen LogP contribution is -2.42. The summed E-state index contributed by atoms with van der Waals surface area (Å²) in [4.78, 5) is 12.9. The first-order valence-electron chi connectivity index (χ1n) is 10.8. The van der Waals surface area contributed by atoms with Crippen LogP contribution in [0.3, 0.4) is 0 Å². The maximum atomic E-state index is 12.9. The van der Waals surface area contributed by atoms with Gasteiger partial charge in [0.2, 0.25) is 0 Å². The highest BCUT2D eigenvalue weighted by Crippen LogP contribution is 2.24. The molecule has 0 saturated carbocycles. The number of rotatable bonds is 12. The molecule has 0 atom stereocenters. The van der Waals surface area contributed by atoms with Crippen molar-refractivity contribution in [3.05, 3.63) is 59.7 Å². The quantitative estimate of drug-likeness (QED) is 0.253. The van der Waals surface area contributed by atoms with Crippen LogP contribution < -0.4 is 8.97 Å². The number of hydrogen-bond acceptors (Lipinski definition) is 5. The second-order valence-electron chi connectivity index (χ2n) is 9.52. The zero-order valence-electron chi connectivity index (χ0n) is 20.0. The van der Waals surface area contributed by atoms with Crippen molar-refractivity contribution in [1.82, 2.24) is 8.97 Å². The fourth-order valence-corrected chi connectivity index (χ4v) is 4.73. The zero-order chi connectivity index (χ0) is 25.8. The van der Waals surface area contributed by atoms with Gasteiger partial charge in [-0.05, 0) is 48.5 Å². The van der Waals surface area contributed by atoms with Crippen molar-refractivity contribution in [2.45, 2.75) is 12.8 Å². The van der Waals surface area contributed by atoms with E-state index in [4.69, 9.17) is 9.11 Å². The first kappa shape index (κ1) is 28.1. The molecule has 0 spiro atoms. The van der Waals surface area contributed by atoms with Crippen molar-refractivity contribution in [2.24, 2.45) is 0 Å². The van der Waals surface area contributed by atoms with Gasteiger partial charge in [-0.3, -0.25) is 22.9 Å². The van der Waals surface area contributed by atoms with E-state index in [0.29, 0.717) is 46.0 Å². The van der Waals surface area contributed by atoms with Crippen molar-refractivity contribution in [2.75, 3.05) is 52.8 Å². The maximum Gasteiger partial charge on any atom is 0.265 e. The Morgan fingerprint density at radius 3 is 1.21 bits per heavy atom. The van der Waals surface area contributed by atoms with Gasteiger partial charge in [-0.2, -0.15) is 16.8 Å². The molecule has 0 radical (unpaired) electrons. The predicted molar refractivity (Wildman–Crippen MR) is 135 cm³/mol. The summed E-state index contributed by atoms with van der Waals surface area (Å²) in [7, 11) is -0.277. The van der Waals surface area contributed by atoms with Crippen LogP contribution in [0.15, 0.2) is 48.5 Å². The van der Waals surface area contributed by atoms with Crippen LogP contribution in [-0.2, 0) is 20.2 Å². The summed E-state index contributed by atoms with van der Waals surface area (Å²) in [6.45, 7) is 1.01. The Morgan fingerprint density at radius 1 is 0.647 bits per heavy atom. The van der Waals surface area contributed by atoms with Crippen molar-refractivity contribution in [3.8, 4) is 0 Å². The molecule has 0 unspecified atom stereocenters. The molecule has 2 aromatic carbocycles. The van der Waals surface area contributed by atoms with Gasteiger partial charge in [-0.15, -0.1) is 0 Å². The van der Waals surface area contributed by atoms with Crippen LogP contribution in [0.4, 0.5) is 11.4 Å². The van der Waals surface area contributed by atoms with Crippen LogP contribution in [0.1, 0.15) is 28.8 Å². The van der Waals surface area contributed by atoms with E-state index in [9.17, 15) is 21.6 Å². The zero-order valence-corrected chi connectivity index (χ0v) is 21.6. The number of ketones is 1. The standard InChI is InChI=1S/C23H32N2O7S2/c1-24(2,15-5-17-33(27,28)29)21-11-7-19(8-12-21)23(26)20-9-13-22(14-10-20)25(3,4)16-6-18-34(30,31)32/h7-14H,5-6,15-18H2,1-4H3/p+2. The molecule has 0 fully saturated rings. The molecule has 11 heteroatoms. The molecule has 0 aromatic heterocycles. The third-order valence-corrected chi connectivity index (χ3v) is 7.50. The highest BCUT2D eigenvalue weighted by Gasteiger charge is 2.22. The summed E-state index contributed by atoms with van der Waals surface area (Å²) in [5, 5.41) is 0. The molecule has 2 aromatic rings. The minimum atomic E-state index is -3.99. The molecular weight excluding hydrogens is 480 g/mol. The van der Waals surface area contributed by atoms with Gasteiger partial charge < -0.3 is 0 Å². The van der Waals surface area contributed by atoms with Gasteiger partial charge in [0.15, 0.2) is 5.78 Å². The van der Waals surface area contributed by atoms with E-state index in [2.05, 4.69) is 0 Å². The molecule has 0 bridgehead atoms. The largest absolute Gasteiger partial charge is 0.296 e. The van der Waals surface area contributed by atoms with Gasteiger partial charge in [-0.25, -0.2) is 0 Å². The Morgan fingerprint density at radius 2 is 0.941 bits per heavy atom. The lowest BCUT2D eigenvalue weighted by atomic mass is 10.0. The molecule has 2 rings (SSSR count). The highest BCUT2D eigenvalue weighted by molar-refractivity contribution is 7.86. The number of carbonyl (C=O) groups excluding carboxylic acids is 1. The minimum Gasteiger partial charge on any atom is -0.296 e. The van der Waals surface area contributed by atoms with Crippen LogP contribution in [0, 0.1) is 0 Å². The number of carbonyl (C=O) groups is 1. The average Bonchev–Trinajstić information content (AvgIpc) is 2.71. The number of benzene rings is 2. The van der Waals surface area contributed by atoms with E-state index in [0.717, 1.165) is 11.4 Å². The maximum absolute atomic E-state index is 12.9. The molecule has 2 N–H and O–H groups in total. The van der Waals surface area contributed by atoms with Crippen LogP contribution in [0.2, 0.25) is 0 Å². The topological polar surface area (TPSA) is 126 Å². The van der Waals surface area contributed by atoms with E-state index in [-0.39, 0.29) is 17.3 Å². The van der Waals surface area contributed by atoms with E-state index >= 15 is 0 Å². The Hall–Kier alpha value is -2.15. The summed E-state index contributed by atoms with van der Waals surface area (Å²) in [6, 6.07) is 14.3. The van der Waals surface area contributed by atoms with Crippen LogP contribution in [-0.4, -0.2) is 84.5 Å². The molecule has 0 heterocycles. The number of nitrogens with zero attached hydrogens (tertiary/aromatic N) is 2. The lowest BCUT2D eigenvalue weighted by Gasteiger charge is -2.29. The third-order valence-electron chi connectivity index (χ3n) is 5.90. The smallest absolute Gasteiger partial charge is 0.265 e. The minimum absolute atomic E-state index is 0.133. The third kappa shape index (κ3) is 8.57. The van der Waals surface area contributed by atoms with Crippen molar-refractivity contribution < 1.29 is 30.7 Å². The van der Waals surface area contributed by atoms with Crippen molar-refractivity contribution in [1.29, 1.82) is 0 Å². The second-order valence-corrected chi connectivity index (χ2v) is 12.7. The Labute approximate surface area is 202 Å². The molecule has 34 heavy (non-hydrogen) atoms. The van der Waals surface area contributed by atoms with Crippen molar-refractivity contribution >= 4 is 37.4 Å². The van der Waals surface area contributed by atoms with Crippen LogP contribution >= 0.6 is 0 Å². The Bertz CT molecular complexity index is 1110. The van der Waals surface area contributed by atoms with Gasteiger partial charge in [0.25, 0.3) is 20.2 Å². The SMILES string of the molecule is C[N+](C)(CCCS(=O)(=O)O)c1ccc(C(=O)c2ccc([N+](C)(C)CCCS(=O)(=O)O)cc2)cc1. The molecular formula is C23H34N2O7S2+2. The molecule has 0 aliphatic carbocycles. The number of quaternary nitrogens is 2. The monoisotopic (exact) mass is 514 g/mol. The normalized spacial score (nSPS) is 13.1. The molecule has 0 aliphatic rings. The van der Waals surface area contributed by atoms with Gasteiger partial charge in [0, 0.05) is 24.0 Å². The Kier molecular flexibility index (Phi) is 8.78. The van der Waals surface area contributed by atoms with E-state index in [1.54, 1.807) is 24.3 Å². The fourth-order valence-electron chi connectivity index (χ4n) is 3.74. The summed E-state index contributed by atoms with van der Waals surface area (Å²) >= 11 is 0. The summed E-state index contributed by atoms with van der Waals surface area (Å²) < 4.78 is 62.4. The van der Waals surface area contributed by atoms with E-state index < -0.39 is 20.2 Å². The van der Waals surface area contributed by atoms with Gasteiger partial charge in [-0.1, -0.05) is 0 Å². The molecule has 0 amide bonds. The first-order valence-corrected chi connectivity index (χ1v) is 14.0. The second kappa shape index (κ2) is 10.6. The lowest BCUT2D eigenvalue weighted by molar-refractivity contribution is 0.103. The Balaban J connectivity index is 2.07. The molecule has 9 nitrogen and oxygen atoms in total. The molecule has 188 valence electrons. The number of hydrogen-bond donors (Lipinski definition) is 2. The predicted octanol–water partition coefficient (Wildman–Crippen LogP) is 2.61. The molecule has 0 aliphatic heterocycles.